The molecule has 0 aliphatic carbocycles. The zero-order valence-electron chi connectivity index (χ0n) is 14.6. The lowest BCUT2D eigenvalue weighted by Gasteiger charge is -2.33. The Morgan fingerprint density at radius 2 is 1.81 bits per heavy atom. The van der Waals surface area contributed by atoms with Crippen LogP contribution in [0.1, 0.15) is 39.7 Å². The summed E-state index contributed by atoms with van der Waals surface area (Å²) in [6, 6.07) is 15.8. The fourth-order valence-corrected chi connectivity index (χ4v) is 4.29. The van der Waals surface area contributed by atoms with Crippen molar-refractivity contribution in [3.63, 3.8) is 0 Å². The van der Waals surface area contributed by atoms with E-state index in [1.165, 1.54) is 0 Å². The molecule has 3 nitrogen and oxygen atoms in total. The Morgan fingerprint density at radius 1 is 1.08 bits per heavy atom. The van der Waals surface area contributed by atoms with Crippen molar-refractivity contribution in [1.29, 1.82) is 0 Å². The summed E-state index contributed by atoms with van der Waals surface area (Å²) in [5, 5.41) is 3.54. The minimum absolute atomic E-state index is 0.174. The Labute approximate surface area is 160 Å². The minimum Gasteiger partial charge on any atom is -0.311 e. The molecule has 2 unspecified atom stereocenters. The number of hydrogen-bond donors (Lipinski definition) is 2. The quantitative estimate of drug-likeness (QED) is 0.654. The van der Waals surface area contributed by atoms with E-state index in [1.54, 1.807) is 20.0 Å². The molecule has 1 aromatic heterocycles. The summed E-state index contributed by atoms with van der Waals surface area (Å²) in [5.41, 5.74) is 10.7. The number of rotatable bonds is 2. The van der Waals surface area contributed by atoms with Gasteiger partial charge in [0.1, 0.15) is 12.0 Å². The number of benzene rings is 2. The first kappa shape index (κ1) is 17.3. The van der Waals surface area contributed by atoms with E-state index in [0.717, 1.165) is 26.9 Å². The standard InChI is InChI=1S/C21H19BrFN3/c1-12-9-15(10-13(2)18(12)23)21(14-5-3-6-16(22)11-14)17-7-4-8-25-19(17)20(24)26-21/h3-11,20,26H,24H2,1-2H3. The van der Waals surface area contributed by atoms with Crippen molar-refractivity contribution >= 4 is 15.9 Å². The fraction of sp³-hybridized carbons (Fsp3) is 0.190. The highest BCUT2D eigenvalue weighted by molar-refractivity contribution is 9.10. The molecule has 26 heavy (non-hydrogen) atoms. The van der Waals surface area contributed by atoms with Gasteiger partial charge in [-0.25, -0.2) is 4.39 Å². The van der Waals surface area contributed by atoms with Crippen LogP contribution in [0.2, 0.25) is 0 Å². The lowest BCUT2D eigenvalue weighted by atomic mass is 9.77. The normalized spacial score (nSPS) is 21.7. The predicted molar refractivity (Wildman–Crippen MR) is 104 cm³/mol. The van der Waals surface area contributed by atoms with Gasteiger partial charge in [0.2, 0.25) is 0 Å². The van der Waals surface area contributed by atoms with E-state index in [1.807, 2.05) is 36.4 Å². The van der Waals surface area contributed by atoms with Gasteiger partial charge in [0.25, 0.3) is 0 Å². The monoisotopic (exact) mass is 411 g/mol. The van der Waals surface area contributed by atoms with Gasteiger partial charge < -0.3 is 5.73 Å². The molecule has 1 aliphatic rings. The molecule has 0 bridgehead atoms. The van der Waals surface area contributed by atoms with E-state index in [0.29, 0.717) is 11.1 Å². The summed E-state index contributed by atoms with van der Waals surface area (Å²) >= 11 is 3.57. The maximum atomic E-state index is 14.3. The number of nitrogens with zero attached hydrogens (tertiary/aromatic N) is 1. The van der Waals surface area contributed by atoms with Gasteiger partial charge in [-0.1, -0.05) is 46.3 Å². The Morgan fingerprint density at radius 3 is 2.50 bits per heavy atom. The molecule has 5 heteroatoms. The molecule has 132 valence electrons. The third kappa shape index (κ3) is 2.50. The lowest BCUT2D eigenvalue weighted by Crippen LogP contribution is -2.42. The first-order chi connectivity index (χ1) is 12.4. The van der Waals surface area contributed by atoms with Crippen LogP contribution in [0, 0.1) is 19.7 Å². The summed E-state index contributed by atoms with van der Waals surface area (Å²) in [4.78, 5) is 4.50. The molecule has 3 N–H and O–H groups in total. The second-order valence-corrected chi connectivity index (χ2v) is 7.66. The van der Waals surface area contributed by atoms with Gasteiger partial charge in [-0.2, -0.15) is 0 Å². The SMILES string of the molecule is Cc1cc(C2(c3cccc(Br)c3)NC(N)c3ncccc32)cc(C)c1F. The molecule has 2 aromatic carbocycles. The molecule has 4 rings (SSSR count). The molecule has 0 spiro atoms. The molecule has 2 heterocycles. The van der Waals surface area contributed by atoms with Crippen LogP contribution in [0.4, 0.5) is 4.39 Å². The smallest absolute Gasteiger partial charge is 0.129 e. The Hall–Kier alpha value is -2.08. The van der Waals surface area contributed by atoms with Gasteiger partial charge >= 0.3 is 0 Å². The van der Waals surface area contributed by atoms with Crippen LogP contribution in [0.3, 0.4) is 0 Å². The lowest BCUT2D eigenvalue weighted by molar-refractivity contribution is 0.452. The molecular weight excluding hydrogens is 393 g/mol. The number of nitrogens with two attached hydrogens (primary N) is 1. The van der Waals surface area contributed by atoms with Crippen molar-refractivity contribution in [2.75, 3.05) is 0 Å². The third-order valence-corrected chi connectivity index (χ3v) is 5.53. The molecule has 1 aliphatic heterocycles. The minimum atomic E-state index is -0.685. The number of aromatic nitrogens is 1. The van der Waals surface area contributed by atoms with Crippen molar-refractivity contribution in [3.05, 3.63) is 98.5 Å². The fourth-order valence-electron chi connectivity index (χ4n) is 3.89. The zero-order valence-corrected chi connectivity index (χ0v) is 16.1. The summed E-state index contributed by atoms with van der Waals surface area (Å²) in [5.74, 6) is -0.174. The van der Waals surface area contributed by atoms with Crippen LogP contribution in [-0.2, 0) is 5.54 Å². The average Bonchev–Trinajstić information content (AvgIpc) is 2.93. The predicted octanol–water partition coefficient (Wildman–Crippen LogP) is 4.45. The number of nitrogens with one attached hydrogen (secondary N) is 1. The molecule has 3 aromatic rings. The van der Waals surface area contributed by atoms with Gasteiger partial charge in [0.15, 0.2) is 0 Å². The number of hydrogen-bond acceptors (Lipinski definition) is 3. The van der Waals surface area contributed by atoms with E-state index >= 15 is 0 Å². The van der Waals surface area contributed by atoms with Gasteiger partial charge in [0.05, 0.1) is 11.2 Å². The topological polar surface area (TPSA) is 50.9 Å². The first-order valence-corrected chi connectivity index (χ1v) is 9.24. The molecule has 0 saturated heterocycles. The molecular formula is C21H19BrFN3. The van der Waals surface area contributed by atoms with E-state index in [9.17, 15) is 4.39 Å². The number of fused-ring (bicyclic) bond motifs is 1. The van der Waals surface area contributed by atoms with E-state index in [-0.39, 0.29) is 5.82 Å². The average molecular weight is 412 g/mol. The van der Waals surface area contributed by atoms with Crippen LogP contribution >= 0.6 is 15.9 Å². The molecule has 0 fully saturated rings. The first-order valence-electron chi connectivity index (χ1n) is 8.45. The second kappa shape index (κ2) is 6.27. The number of aryl methyl sites for hydroxylation is 2. The molecule has 0 saturated carbocycles. The highest BCUT2D eigenvalue weighted by Gasteiger charge is 2.46. The highest BCUT2D eigenvalue weighted by Crippen LogP contribution is 2.45. The van der Waals surface area contributed by atoms with Crippen LogP contribution < -0.4 is 11.1 Å². The maximum absolute atomic E-state index is 14.3. The Kier molecular flexibility index (Phi) is 4.18. The third-order valence-electron chi connectivity index (χ3n) is 5.04. The Bertz CT molecular complexity index is 981. The maximum Gasteiger partial charge on any atom is 0.129 e. The van der Waals surface area contributed by atoms with Crippen molar-refractivity contribution in [2.45, 2.75) is 25.6 Å². The Balaban J connectivity index is 2.08. The van der Waals surface area contributed by atoms with E-state index < -0.39 is 11.7 Å². The van der Waals surface area contributed by atoms with E-state index in [2.05, 4.69) is 38.4 Å². The van der Waals surface area contributed by atoms with Crippen LogP contribution in [0.25, 0.3) is 0 Å². The summed E-state index contributed by atoms with van der Waals surface area (Å²) < 4.78 is 15.3. The largest absolute Gasteiger partial charge is 0.311 e. The summed E-state index contributed by atoms with van der Waals surface area (Å²) in [7, 11) is 0. The van der Waals surface area contributed by atoms with Crippen molar-refractivity contribution < 1.29 is 4.39 Å². The van der Waals surface area contributed by atoms with Gasteiger partial charge in [-0.05, 0) is 54.3 Å². The van der Waals surface area contributed by atoms with Gasteiger partial charge in [-0.15, -0.1) is 0 Å². The van der Waals surface area contributed by atoms with Crippen LogP contribution in [0.15, 0.2) is 59.2 Å². The number of halogens is 2. The van der Waals surface area contributed by atoms with Crippen LogP contribution in [0.5, 0.6) is 0 Å². The number of pyridine rings is 1. The second-order valence-electron chi connectivity index (χ2n) is 6.74. The molecule has 0 radical (unpaired) electrons. The van der Waals surface area contributed by atoms with Crippen molar-refractivity contribution in [2.24, 2.45) is 5.73 Å². The summed E-state index contributed by atoms with van der Waals surface area (Å²) in [6.45, 7) is 3.58. The van der Waals surface area contributed by atoms with Gasteiger partial charge in [0, 0.05) is 16.2 Å². The van der Waals surface area contributed by atoms with Crippen LogP contribution in [-0.4, -0.2) is 4.98 Å². The zero-order chi connectivity index (χ0) is 18.5. The van der Waals surface area contributed by atoms with Crippen molar-refractivity contribution in [3.8, 4) is 0 Å². The molecule has 2 atom stereocenters. The summed E-state index contributed by atoms with van der Waals surface area (Å²) in [6.07, 6.45) is 1.34. The highest BCUT2D eigenvalue weighted by atomic mass is 79.9. The van der Waals surface area contributed by atoms with Crippen molar-refractivity contribution in [1.82, 2.24) is 10.3 Å². The van der Waals surface area contributed by atoms with Gasteiger partial charge in [-0.3, -0.25) is 10.3 Å². The molecule has 0 amide bonds. The van der Waals surface area contributed by atoms with E-state index in [4.69, 9.17) is 5.73 Å².